The molecule has 0 aliphatic heterocycles. The van der Waals surface area contributed by atoms with Crippen LogP contribution in [0.3, 0.4) is 0 Å². The molecule has 0 radical (unpaired) electrons. The predicted molar refractivity (Wildman–Crippen MR) is 77.2 cm³/mol. The number of nitrogens with two attached hydrogens (primary N) is 1. The molecule has 2 N–H and O–H groups in total. The maximum absolute atomic E-state index is 12.1. The van der Waals surface area contributed by atoms with E-state index in [1.807, 2.05) is 6.92 Å². The number of ether oxygens (including phenoxy) is 1. The van der Waals surface area contributed by atoms with E-state index in [0.717, 1.165) is 12.8 Å². The highest BCUT2D eigenvalue weighted by atomic mass is 32.2. The smallest absolute Gasteiger partial charge is 0.338 e. The Morgan fingerprint density at radius 2 is 1.85 bits per heavy atom. The Morgan fingerprint density at radius 1 is 1.25 bits per heavy atom. The van der Waals surface area contributed by atoms with Gasteiger partial charge in [0, 0.05) is 0 Å². The first-order valence-electron chi connectivity index (χ1n) is 6.50. The number of hydrogen-bond acceptors (Lipinski definition) is 4. The van der Waals surface area contributed by atoms with Crippen molar-refractivity contribution < 1.29 is 17.9 Å². The predicted octanol–water partition coefficient (Wildman–Crippen LogP) is 2.22. The molecule has 0 atom stereocenters. The van der Waals surface area contributed by atoms with Crippen molar-refractivity contribution in [2.24, 2.45) is 5.14 Å². The number of rotatable bonds is 5. The number of sulfonamides is 1. The van der Waals surface area contributed by atoms with Crippen molar-refractivity contribution in [1.29, 1.82) is 0 Å². The second-order valence-corrected chi connectivity index (χ2v) is 6.37. The fourth-order valence-corrected chi connectivity index (χ4v) is 3.34. The van der Waals surface area contributed by atoms with E-state index >= 15 is 0 Å². The highest BCUT2D eigenvalue weighted by molar-refractivity contribution is 7.89. The highest BCUT2D eigenvalue weighted by Crippen LogP contribution is 2.26. The van der Waals surface area contributed by atoms with Gasteiger partial charge in [-0.2, -0.15) is 0 Å². The molecule has 1 aromatic carbocycles. The summed E-state index contributed by atoms with van der Waals surface area (Å²) in [5, 5.41) is 5.22. The third-order valence-corrected chi connectivity index (χ3v) is 4.32. The summed E-state index contributed by atoms with van der Waals surface area (Å²) in [5.41, 5.74) is 1.86. The summed E-state index contributed by atoms with van der Waals surface area (Å²) < 4.78 is 28.5. The van der Waals surface area contributed by atoms with E-state index in [-0.39, 0.29) is 10.5 Å². The van der Waals surface area contributed by atoms with E-state index in [0.29, 0.717) is 23.3 Å². The maximum atomic E-state index is 12.1. The first-order valence-corrected chi connectivity index (χ1v) is 8.05. The molecule has 0 aromatic heterocycles. The zero-order chi connectivity index (χ0) is 15.5. The highest BCUT2D eigenvalue weighted by Gasteiger charge is 2.23. The van der Waals surface area contributed by atoms with Gasteiger partial charge in [0.2, 0.25) is 10.0 Å². The second-order valence-electron chi connectivity index (χ2n) is 4.87. The molecule has 20 heavy (non-hydrogen) atoms. The van der Waals surface area contributed by atoms with Gasteiger partial charge in [0.05, 0.1) is 17.1 Å². The van der Waals surface area contributed by atoms with Crippen molar-refractivity contribution >= 4 is 16.0 Å². The molecule has 0 unspecified atom stereocenters. The quantitative estimate of drug-likeness (QED) is 0.667. The molecule has 0 bridgehead atoms. The van der Waals surface area contributed by atoms with Crippen molar-refractivity contribution in [1.82, 2.24) is 0 Å². The molecule has 0 saturated heterocycles. The van der Waals surface area contributed by atoms with Crippen molar-refractivity contribution in [2.75, 3.05) is 6.61 Å². The number of carbonyl (C=O) groups excluding carboxylic acids is 1. The number of benzene rings is 1. The van der Waals surface area contributed by atoms with Crippen molar-refractivity contribution in [3.63, 3.8) is 0 Å². The molecular formula is C14H21NO4S. The normalized spacial score (nSPS) is 11.4. The molecule has 5 nitrogen and oxygen atoms in total. The molecule has 0 saturated carbocycles. The van der Waals surface area contributed by atoms with E-state index in [2.05, 4.69) is 0 Å². The third-order valence-electron chi connectivity index (χ3n) is 3.12. The minimum Gasteiger partial charge on any atom is -0.462 e. The van der Waals surface area contributed by atoms with Crippen LogP contribution in [0.2, 0.25) is 0 Å². The van der Waals surface area contributed by atoms with E-state index in [1.165, 1.54) is 0 Å². The Kier molecular flexibility index (Phi) is 5.30. The van der Waals surface area contributed by atoms with E-state index in [1.54, 1.807) is 26.8 Å². The lowest BCUT2D eigenvalue weighted by Crippen LogP contribution is -2.19. The van der Waals surface area contributed by atoms with Gasteiger partial charge in [0.25, 0.3) is 0 Å². The number of unbranched alkanes of at least 4 members (excludes halogenated alkanes) is 1. The topological polar surface area (TPSA) is 86.5 Å². The van der Waals surface area contributed by atoms with Crippen molar-refractivity contribution in [3.8, 4) is 0 Å². The van der Waals surface area contributed by atoms with Gasteiger partial charge < -0.3 is 4.74 Å². The molecule has 0 amide bonds. The Labute approximate surface area is 120 Å². The molecule has 0 aliphatic rings. The van der Waals surface area contributed by atoms with Crippen molar-refractivity contribution in [3.05, 3.63) is 28.3 Å². The standard InChI is InChI=1S/C14H21NO4S/c1-5-6-7-19-14(16)12-9(2)8-10(3)13(11(12)4)20(15,17)18/h8H,5-7H2,1-4H3,(H2,15,17,18). The summed E-state index contributed by atoms with van der Waals surface area (Å²) >= 11 is 0. The van der Waals surface area contributed by atoms with Crippen LogP contribution in [0.1, 0.15) is 46.8 Å². The zero-order valence-electron chi connectivity index (χ0n) is 12.3. The van der Waals surface area contributed by atoms with E-state index in [4.69, 9.17) is 9.88 Å². The van der Waals surface area contributed by atoms with Crippen LogP contribution in [0.25, 0.3) is 0 Å². The van der Waals surface area contributed by atoms with Gasteiger partial charge in [-0.05, 0) is 43.9 Å². The molecule has 0 spiro atoms. The first-order chi connectivity index (χ1) is 9.20. The Bertz CT molecular complexity index is 621. The lowest BCUT2D eigenvalue weighted by atomic mass is 10.00. The third kappa shape index (κ3) is 3.58. The Balaban J connectivity index is 3.31. The van der Waals surface area contributed by atoms with Crippen LogP contribution in [0.15, 0.2) is 11.0 Å². The summed E-state index contributed by atoms with van der Waals surface area (Å²) in [4.78, 5) is 12.1. The van der Waals surface area contributed by atoms with Gasteiger partial charge in [-0.1, -0.05) is 19.4 Å². The molecule has 0 heterocycles. The number of primary sulfonamides is 1. The van der Waals surface area contributed by atoms with Crippen LogP contribution in [0, 0.1) is 20.8 Å². The molecule has 0 fully saturated rings. The van der Waals surface area contributed by atoms with Crippen LogP contribution in [-0.2, 0) is 14.8 Å². The van der Waals surface area contributed by atoms with Crippen LogP contribution in [0.5, 0.6) is 0 Å². The number of carbonyl (C=O) groups is 1. The van der Waals surface area contributed by atoms with Crippen LogP contribution >= 0.6 is 0 Å². The number of esters is 1. The number of hydrogen-bond donors (Lipinski definition) is 1. The maximum Gasteiger partial charge on any atom is 0.338 e. The van der Waals surface area contributed by atoms with Gasteiger partial charge >= 0.3 is 5.97 Å². The second kappa shape index (κ2) is 6.37. The molecule has 0 aliphatic carbocycles. The fraction of sp³-hybridized carbons (Fsp3) is 0.500. The van der Waals surface area contributed by atoms with Gasteiger partial charge in [-0.25, -0.2) is 18.4 Å². The Morgan fingerprint density at radius 3 is 2.35 bits per heavy atom. The van der Waals surface area contributed by atoms with Crippen LogP contribution < -0.4 is 5.14 Å². The molecule has 112 valence electrons. The average Bonchev–Trinajstić information content (AvgIpc) is 2.26. The monoisotopic (exact) mass is 299 g/mol. The average molecular weight is 299 g/mol. The van der Waals surface area contributed by atoms with Gasteiger partial charge in [-0.15, -0.1) is 0 Å². The van der Waals surface area contributed by atoms with Crippen LogP contribution in [0.4, 0.5) is 0 Å². The summed E-state index contributed by atoms with van der Waals surface area (Å²) in [6.45, 7) is 7.31. The van der Waals surface area contributed by atoms with Crippen molar-refractivity contribution in [2.45, 2.75) is 45.4 Å². The van der Waals surface area contributed by atoms with E-state index < -0.39 is 16.0 Å². The number of aryl methyl sites for hydroxylation is 2. The SMILES string of the molecule is CCCCOC(=O)c1c(C)cc(C)c(S(N)(=O)=O)c1C. The molecule has 6 heteroatoms. The molecule has 1 aromatic rings. The summed E-state index contributed by atoms with van der Waals surface area (Å²) in [6, 6.07) is 1.64. The summed E-state index contributed by atoms with van der Waals surface area (Å²) in [7, 11) is -3.87. The first kappa shape index (κ1) is 16.7. The van der Waals surface area contributed by atoms with Gasteiger partial charge in [0.15, 0.2) is 0 Å². The minimum absolute atomic E-state index is 0.00513. The minimum atomic E-state index is -3.87. The zero-order valence-corrected chi connectivity index (χ0v) is 13.1. The summed E-state index contributed by atoms with van der Waals surface area (Å²) in [5.74, 6) is -0.502. The lowest BCUT2D eigenvalue weighted by molar-refractivity contribution is 0.0497. The largest absolute Gasteiger partial charge is 0.462 e. The Hall–Kier alpha value is -1.40. The summed E-state index contributed by atoms with van der Waals surface area (Å²) in [6.07, 6.45) is 1.69. The van der Waals surface area contributed by atoms with E-state index in [9.17, 15) is 13.2 Å². The molecular weight excluding hydrogens is 278 g/mol. The fourth-order valence-electron chi connectivity index (χ4n) is 2.30. The van der Waals surface area contributed by atoms with Gasteiger partial charge in [-0.3, -0.25) is 0 Å². The van der Waals surface area contributed by atoms with Crippen LogP contribution in [-0.4, -0.2) is 21.0 Å². The lowest BCUT2D eigenvalue weighted by Gasteiger charge is -2.15. The van der Waals surface area contributed by atoms with Gasteiger partial charge in [0.1, 0.15) is 0 Å². The molecule has 1 rings (SSSR count).